The summed E-state index contributed by atoms with van der Waals surface area (Å²) < 4.78 is 4.99. The van der Waals surface area contributed by atoms with Crippen molar-refractivity contribution in [3.05, 3.63) is 11.7 Å². The third-order valence-electron chi connectivity index (χ3n) is 2.85. The first-order valence-corrected chi connectivity index (χ1v) is 5.85. The van der Waals surface area contributed by atoms with Gasteiger partial charge in [0.15, 0.2) is 5.82 Å². The number of carbonyl (C=O) groups excluding carboxylic acids is 2. The van der Waals surface area contributed by atoms with Crippen molar-refractivity contribution in [3.8, 4) is 0 Å². The van der Waals surface area contributed by atoms with Crippen LogP contribution in [0.5, 0.6) is 0 Å². The molecule has 18 heavy (non-hydrogen) atoms. The van der Waals surface area contributed by atoms with Crippen LogP contribution in [0.15, 0.2) is 4.52 Å². The van der Waals surface area contributed by atoms with E-state index >= 15 is 0 Å². The molecule has 1 aliphatic heterocycles. The maximum Gasteiger partial charge on any atom is 0.246 e. The number of piperazine rings is 1. The molecule has 0 aliphatic carbocycles. The Labute approximate surface area is 105 Å². The van der Waals surface area contributed by atoms with Crippen molar-refractivity contribution in [1.82, 2.24) is 20.4 Å². The summed E-state index contributed by atoms with van der Waals surface area (Å²) in [5.74, 6) is 0.615. The molecule has 1 aliphatic rings. The Balaban J connectivity index is 2.20. The Bertz CT molecular complexity index is 469. The minimum atomic E-state index is -0.488. The van der Waals surface area contributed by atoms with Crippen LogP contribution in [0.3, 0.4) is 0 Å². The normalized spacial score (nSPS) is 20.4. The molecule has 0 saturated carbocycles. The van der Waals surface area contributed by atoms with Gasteiger partial charge in [-0.25, -0.2) is 0 Å². The number of hydrogen-bond donors (Lipinski definition) is 1. The van der Waals surface area contributed by atoms with Crippen LogP contribution >= 0.6 is 0 Å². The number of nitrogens with one attached hydrogen (secondary N) is 1. The zero-order chi connectivity index (χ0) is 13.3. The zero-order valence-corrected chi connectivity index (χ0v) is 10.6. The van der Waals surface area contributed by atoms with E-state index in [0.29, 0.717) is 11.7 Å². The monoisotopic (exact) mass is 252 g/mol. The molecule has 0 aromatic carbocycles. The van der Waals surface area contributed by atoms with E-state index < -0.39 is 6.04 Å². The van der Waals surface area contributed by atoms with Crippen LogP contribution in [0.25, 0.3) is 0 Å². The third-order valence-corrected chi connectivity index (χ3v) is 2.85. The summed E-state index contributed by atoms with van der Waals surface area (Å²) in [6.07, 6.45) is 0. The molecule has 0 radical (unpaired) electrons. The van der Waals surface area contributed by atoms with Gasteiger partial charge in [-0.1, -0.05) is 19.0 Å². The van der Waals surface area contributed by atoms with Crippen LogP contribution in [-0.2, 0) is 16.1 Å². The Morgan fingerprint density at radius 2 is 2.22 bits per heavy atom. The predicted molar refractivity (Wildman–Crippen MR) is 61.2 cm³/mol. The SMILES string of the molecule is Cc1noc(CN2C(=O)CNC(=O)C2C(C)C)n1. The van der Waals surface area contributed by atoms with Crippen LogP contribution < -0.4 is 5.32 Å². The molecular weight excluding hydrogens is 236 g/mol. The van der Waals surface area contributed by atoms with Crippen molar-refractivity contribution in [2.75, 3.05) is 6.54 Å². The third kappa shape index (κ3) is 2.34. The number of carbonyl (C=O) groups is 2. The van der Waals surface area contributed by atoms with Crippen molar-refractivity contribution in [3.63, 3.8) is 0 Å². The first-order valence-electron chi connectivity index (χ1n) is 5.85. The molecule has 2 rings (SSSR count). The maximum absolute atomic E-state index is 11.9. The first-order chi connectivity index (χ1) is 8.49. The molecule has 1 saturated heterocycles. The van der Waals surface area contributed by atoms with Crippen molar-refractivity contribution in [2.24, 2.45) is 5.92 Å². The van der Waals surface area contributed by atoms with Gasteiger partial charge in [-0.2, -0.15) is 4.98 Å². The fourth-order valence-electron chi connectivity index (χ4n) is 2.06. The van der Waals surface area contributed by atoms with Gasteiger partial charge in [0.25, 0.3) is 0 Å². The Morgan fingerprint density at radius 3 is 2.78 bits per heavy atom. The molecule has 0 spiro atoms. The molecule has 1 aromatic rings. The summed E-state index contributed by atoms with van der Waals surface area (Å²) >= 11 is 0. The van der Waals surface area contributed by atoms with E-state index in [0.717, 1.165) is 0 Å². The minimum absolute atomic E-state index is 0.0230. The first kappa shape index (κ1) is 12.5. The van der Waals surface area contributed by atoms with Crippen LogP contribution in [-0.4, -0.2) is 39.4 Å². The second kappa shape index (κ2) is 4.75. The summed E-state index contributed by atoms with van der Waals surface area (Å²) in [4.78, 5) is 29.3. The highest BCUT2D eigenvalue weighted by atomic mass is 16.5. The maximum atomic E-state index is 11.9. The van der Waals surface area contributed by atoms with E-state index in [4.69, 9.17) is 4.52 Å². The number of aryl methyl sites for hydroxylation is 1. The van der Waals surface area contributed by atoms with E-state index in [2.05, 4.69) is 15.5 Å². The van der Waals surface area contributed by atoms with E-state index in [1.54, 1.807) is 6.92 Å². The van der Waals surface area contributed by atoms with Crippen molar-refractivity contribution >= 4 is 11.8 Å². The Hall–Kier alpha value is -1.92. The summed E-state index contributed by atoms with van der Waals surface area (Å²) in [5.41, 5.74) is 0. The molecule has 2 amide bonds. The Kier molecular flexibility index (Phi) is 3.31. The van der Waals surface area contributed by atoms with Crippen molar-refractivity contribution < 1.29 is 14.1 Å². The van der Waals surface area contributed by atoms with Crippen molar-refractivity contribution in [2.45, 2.75) is 33.4 Å². The minimum Gasteiger partial charge on any atom is -0.345 e. The highest BCUT2D eigenvalue weighted by Gasteiger charge is 2.37. The van der Waals surface area contributed by atoms with Crippen LogP contribution in [0.1, 0.15) is 25.6 Å². The molecule has 1 unspecified atom stereocenters. The van der Waals surface area contributed by atoms with Gasteiger partial charge in [0, 0.05) is 0 Å². The fourth-order valence-corrected chi connectivity index (χ4v) is 2.06. The van der Waals surface area contributed by atoms with Gasteiger partial charge >= 0.3 is 0 Å². The quantitative estimate of drug-likeness (QED) is 0.809. The van der Waals surface area contributed by atoms with Gasteiger partial charge in [-0.3, -0.25) is 9.59 Å². The van der Waals surface area contributed by atoms with Gasteiger partial charge < -0.3 is 14.7 Å². The molecule has 0 bridgehead atoms. The second-order valence-corrected chi connectivity index (χ2v) is 4.66. The lowest BCUT2D eigenvalue weighted by molar-refractivity contribution is -0.148. The highest BCUT2D eigenvalue weighted by Crippen LogP contribution is 2.17. The predicted octanol–water partition coefficient (Wildman–Crippen LogP) is -0.139. The summed E-state index contributed by atoms with van der Waals surface area (Å²) in [6, 6.07) is -0.488. The van der Waals surface area contributed by atoms with Gasteiger partial charge in [0.05, 0.1) is 6.54 Å². The number of nitrogens with zero attached hydrogens (tertiary/aromatic N) is 3. The van der Waals surface area contributed by atoms with Crippen molar-refractivity contribution in [1.29, 1.82) is 0 Å². The topological polar surface area (TPSA) is 88.3 Å². The lowest BCUT2D eigenvalue weighted by atomic mass is 9.99. The van der Waals surface area contributed by atoms with E-state index in [1.165, 1.54) is 4.90 Å². The van der Waals surface area contributed by atoms with Crippen LogP contribution in [0, 0.1) is 12.8 Å². The molecule has 1 N–H and O–H groups in total. The average Bonchev–Trinajstić information content (AvgIpc) is 2.69. The summed E-state index contributed by atoms with van der Waals surface area (Å²) in [5, 5.41) is 6.26. The number of rotatable bonds is 3. The molecule has 1 aromatic heterocycles. The van der Waals surface area contributed by atoms with E-state index in [1.807, 2.05) is 13.8 Å². The molecule has 1 fully saturated rings. The smallest absolute Gasteiger partial charge is 0.246 e. The summed E-state index contributed by atoms with van der Waals surface area (Å²) in [6.45, 7) is 5.70. The second-order valence-electron chi connectivity index (χ2n) is 4.66. The molecule has 2 heterocycles. The van der Waals surface area contributed by atoms with E-state index in [9.17, 15) is 9.59 Å². The van der Waals surface area contributed by atoms with Crippen LogP contribution in [0.4, 0.5) is 0 Å². The van der Waals surface area contributed by atoms with Crippen LogP contribution in [0.2, 0.25) is 0 Å². The van der Waals surface area contributed by atoms with Gasteiger partial charge in [0.1, 0.15) is 12.6 Å². The standard InChI is InChI=1S/C11H16N4O3/c1-6(2)10-11(17)12-4-9(16)15(10)5-8-13-7(3)14-18-8/h6,10H,4-5H2,1-3H3,(H,12,17). The fraction of sp³-hybridized carbons (Fsp3) is 0.636. The molecule has 7 heteroatoms. The molecular formula is C11H16N4O3. The Morgan fingerprint density at radius 1 is 1.50 bits per heavy atom. The number of hydrogen-bond acceptors (Lipinski definition) is 5. The lowest BCUT2D eigenvalue weighted by Crippen LogP contribution is -2.59. The molecule has 98 valence electrons. The van der Waals surface area contributed by atoms with Gasteiger partial charge in [0.2, 0.25) is 17.7 Å². The molecule has 1 atom stereocenters. The number of amides is 2. The summed E-state index contributed by atoms with van der Waals surface area (Å²) in [7, 11) is 0. The average molecular weight is 252 g/mol. The van der Waals surface area contributed by atoms with E-state index in [-0.39, 0.29) is 30.8 Å². The zero-order valence-electron chi connectivity index (χ0n) is 10.6. The van der Waals surface area contributed by atoms with Gasteiger partial charge in [-0.05, 0) is 12.8 Å². The lowest BCUT2D eigenvalue weighted by Gasteiger charge is -2.36. The molecule has 7 nitrogen and oxygen atoms in total. The highest BCUT2D eigenvalue weighted by molar-refractivity contribution is 5.94. The largest absolute Gasteiger partial charge is 0.345 e. The number of aromatic nitrogens is 2. The van der Waals surface area contributed by atoms with Gasteiger partial charge in [-0.15, -0.1) is 0 Å².